The number of ether oxygens (including phenoxy) is 2. The number of nitrogens with zero attached hydrogens (tertiary/aromatic N) is 5. The molecule has 0 aliphatic carbocycles. The molecule has 2 saturated heterocycles. The fourth-order valence-corrected chi connectivity index (χ4v) is 5.27. The highest BCUT2D eigenvalue weighted by Gasteiger charge is 2.33. The van der Waals surface area contributed by atoms with Crippen LogP contribution in [0.3, 0.4) is 0 Å². The lowest BCUT2D eigenvalue weighted by atomic mass is 10.0. The van der Waals surface area contributed by atoms with Crippen LogP contribution in [0.4, 0.5) is 11.4 Å². The monoisotopic (exact) mass is 447 g/mol. The molecule has 2 fully saturated rings. The van der Waals surface area contributed by atoms with E-state index in [1.807, 2.05) is 0 Å². The van der Waals surface area contributed by atoms with Gasteiger partial charge in [-0.2, -0.15) is 0 Å². The maximum atomic E-state index is 6.15. The maximum Gasteiger partial charge on any atom is 0.146 e. The second kappa shape index (κ2) is 8.97. The number of anilines is 2. The van der Waals surface area contributed by atoms with Gasteiger partial charge < -0.3 is 24.2 Å². The molecule has 1 atom stereocenters. The molecule has 0 saturated carbocycles. The molecule has 4 heterocycles. The summed E-state index contributed by atoms with van der Waals surface area (Å²) in [6, 6.07) is 15.9. The molecule has 174 valence electrons. The number of likely N-dealkylation sites (N-methyl/N-ethyl adjacent to an activating group) is 1. The van der Waals surface area contributed by atoms with Crippen molar-refractivity contribution in [1.29, 1.82) is 0 Å². The summed E-state index contributed by atoms with van der Waals surface area (Å²) in [5.74, 6) is 2.02. The van der Waals surface area contributed by atoms with Crippen LogP contribution in [0, 0.1) is 0 Å². The second-order valence-corrected chi connectivity index (χ2v) is 9.53. The second-order valence-electron chi connectivity index (χ2n) is 9.53. The third-order valence-electron chi connectivity index (χ3n) is 7.29. The third kappa shape index (κ3) is 4.33. The molecule has 2 aromatic rings. The highest BCUT2D eigenvalue weighted by atomic mass is 16.5. The number of amidine groups is 1. The molecule has 0 aromatic heterocycles. The average Bonchev–Trinajstić information content (AvgIpc) is 3.28. The Morgan fingerprint density at radius 2 is 1.67 bits per heavy atom. The van der Waals surface area contributed by atoms with Crippen LogP contribution >= 0.6 is 0 Å². The molecular weight excluding hydrogens is 414 g/mol. The van der Waals surface area contributed by atoms with Gasteiger partial charge in [0.15, 0.2) is 0 Å². The topological polar surface area (TPSA) is 43.8 Å². The molecular formula is C26H33N5O2. The van der Waals surface area contributed by atoms with E-state index in [0.29, 0.717) is 12.6 Å². The Morgan fingerprint density at radius 1 is 0.909 bits per heavy atom. The number of hydrogen-bond acceptors (Lipinski definition) is 7. The van der Waals surface area contributed by atoms with Crippen molar-refractivity contribution < 1.29 is 9.47 Å². The van der Waals surface area contributed by atoms with Crippen molar-refractivity contribution in [3.63, 3.8) is 0 Å². The molecule has 4 aliphatic heterocycles. The van der Waals surface area contributed by atoms with Crippen LogP contribution in [-0.4, -0.2) is 101 Å². The molecule has 0 bridgehead atoms. The molecule has 0 amide bonds. The van der Waals surface area contributed by atoms with Crippen molar-refractivity contribution in [3.8, 4) is 16.9 Å². The van der Waals surface area contributed by atoms with Gasteiger partial charge in [0.25, 0.3) is 0 Å². The minimum Gasteiger partial charge on any atom is -0.483 e. The maximum absolute atomic E-state index is 6.15. The number of fused-ring (bicyclic) bond motifs is 3. The van der Waals surface area contributed by atoms with Crippen molar-refractivity contribution in [1.82, 2.24) is 9.80 Å². The molecule has 1 unspecified atom stereocenters. The van der Waals surface area contributed by atoms with Crippen LogP contribution in [0.2, 0.25) is 0 Å². The van der Waals surface area contributed by atoms with E-state index in [-0.39, 0.29) is 0 Å². The van der Waals surface area contributed by atoms with E-state index in [2.05, 4.69) is 69.1 Å². The van der Waals surface area contributed by atoms with E-state index >= 15 is 0 Å². The van der Waals surface area contributed by atoms with Gasteiger partial charge >= 0.3 is 0 Å². The zero-order chi connectivity index (χ0) is 22.2. The van der Waals surface area contributed by atoms with Crippen LogP contribution < -0.4 is 14.5 Å². The average molecular weight is 448 g/mol. The molecule has 0 N–H and O–H groups in total. The standard InChI is InChI=1S/C26H33N5O2/c1-28-8-10-30(11-9-28)23-5-2-20(3-6-23)21-4-7-24-25(16-21)33-19-26-27-22(18-31(24)26)17-29-12-14-32-15-13-29/h2-7,16,22H,8-15,17-19H2,1H3. The highest BCUT2D eigenvalue weighted by Crippen LogP contribution is 2.38. The highest BCUT2D eigenvalue weighted by molar-refractivity contribution is 6.03. The Bertz CT molecular complexity index is 1010. The Balaban J connectivity index is 1.15. The zero-order valence-electron chi connectivity index (χ0n) is 19.4. The number of rotatable bonds is 4. The van der Waals surface area contributed by atoms with Crippen molar-refractivity contribution in [2.75, 3.05) is 89.0 Å². The lowest BCUT2D eigenvalue weighted by Gasteiger charge is -2.34. The SMILES string of the molecule is CN1CCN(c2ccc(-c3ccc4c(c3)OCC3=NC(CN5CCOCC5)CN34)cc2)CC1. The summed E-state index contributed by atoms with van der Waals surface area (Å²) in [4.78, 5) is 14.6. The van der Waals surface area contributed by atoms with Gasteiger partial charge in [-0.3, -0.25) is 9.89 Å². The first kappa shape index (κ1) is 21.0. The summed E-state index contributed by atoms with van der Waals surface area (Å²) in [5.41, 5.74) is 4.88. The molecule has 7 heteroatoms. The van der Waals surface area contributed by atoms with Gasteiger partial charge in [-0.1, -0.05) is 18.2 Å². The number of benzene rings is 2. The van der Waals surface area contributed by atoms with E-state index in [9.17, 15) is 0 Å². The smallest absolute Gasteiger partial charge is 0.146 e. The minimum atomic E-state index is 0.300. The summed E-state index contributed by atoms with van der Waals surface area (Å²) in [6.45, 7) is 10.6. The van der Waals surface area contributed by atoms with Crippen LogP contribution in [0.5, 0.6) is 5.75 Å². The Morgan fingerprint density at radius 3 is 2.45 bits per heavy atom. The summed E-state index contributed by atoms with van der Waals surface area (Å²) in [6.07, 6.45) is 0. The summed E-state index contributed by atoms with van der Waals surface area (Å²) in [5, 5.41) is 0. The quantitative estimate of drug-likeness (QED) is 0.717. The molecule has 0 spiro atoms. The number of morpholine rings is 1. The first-order chi connectivity index (χ1) is 16.2. The number of piperazine rings is 1. The Kier molecular flexibility index (Phi) is 5.70. The molecule has 2 aromatic carbocycles. The van der Waals surface area contributed by atoms with Gasteiger partial charge in [-0.25, -0.2) is 0 Å². The van der Waals surface area contributed by atoms with Crippen molar-refractivity contribution in [2.45, 2.75) is 6.04 Å². The number of aliphatic imine (C=N–C) groups is 1. The fraction of sp³-hybridized carbons (Fsp3) is 0.500. The normalized spacial score (nSPS) is 23.7. The zero-order valence-corrected chi connectivity index (χ0v) is 19.4. The summed E-state index contributed by atoms with van der Waals surface area (Å²) >= 11 is 0. The van der Waals surface area contributed by atoms with E-state index < -0.39 is 0 Å². The summed E-state index contributed by atoms with van der Waals surface area (Å²) < 4.78 is 11.6. The first-order valence-electron chi connectivity index (χ1n) is 12.2. The number of hydrogen-bond donors (Lipinski definition) is 0. The van der Waals surface area contributed by atoms with Gasteiger partial charge in [0.1, 0.15) is 18.2 Å². The molecule has 4 aliphatic rings. The summed E-state index contributed by atoms with van der Waals surface area (Å²) in [7, 11) is 2.19. The molecule has 33 heavy (non-hydrogen) atoms. The van der Waals surface area contributed by atoms with E-state index in [1.165, 1.54) is 16.8 Å². The minimum absolute atomic E-state index is 0.300. The van der Waals surface area contributed by atoms with Crippen molar-refractivity contribution in [2.24, 2.45) is 4.99 Å². The van der Waals surface area contributed by atoms with Crippen molar-refractivity contribution >= 4 is 17.2 Å². The lowest BCUT2D eigenvalue weighted by molar-refractivity contribution is 0.0360. The van der Waals surface area contributed by atoms with Crippen LogP contribution in [0.25, 0.3) is 11.1 Å². The first-order valence-corrected chi connectivity index (χ1v) is 12.2. The Hall–Kier alpha value is -2.61. The van der Waals surface area contributed by atoms with Crippen LogP contribution in [0.1, 0.15) is 0 Å². The van der Waals surface area contributed by atoms with Gasteiger partial charge in [-0.15, -0.1) is 0 Å². The van der Waals surface area contributed by atoms with Gasteiger partial charge in [0, 0.05) is 58.0 Å². The van der Waals surface area contributed by atoms with E-state index in [0.717, 1.165) is 82.8 Å². The van der Waals surface area contributed by atoms with Gasteiger partial charge in [0.2, 0.25) is 0 Å². The van der Waals surface area contributed by atoms with Crippen LogP contribution in [0.15, 0.2) is 47.5 Å². The van der Waals surface area contributed by atoms with Crippen molar-refractivity contribution in [3.05, 3.63) is 42.5 Å². The molecule has 7 nitrogen and oxygen atoms in total. The molecule has 6 rings (SSSR count). The predicted molar refractivity (Wildman–Crippen MR) is 133 cm³/mol. The largest absolute Gasteiger partial charge is 0.483 e. The predicted octanol–water partition coefficient (Wildman–Crippen LogP) is 2.42. The molecule has 0 radical (unpaired) electrons. The van der Waals surface area contributed by atoms with Crippen LogP contribution in [-0.2, 0) is 4.74 Å². The van der Waals surface area contributed by atoms with Gasteiger partial charge in [0.05, 0.1) is 24.9 Å². The fourth-order valence-electron chi connectivity index (χ4n) is 5.27. The van der Waals surface area contributed by atoms with E-state index in [1.54, 1.807) is 0 Å². The van der Waals surface area contributed by atoms with E-state index in [4.69, 9.17) is 14.5 Å². The Labute approximate surface area is 196 Å². The third-order valence-corrected chi connectivity index (χ3v) is 7.29. The lowest BCUT2D eigenvalue weighted by Crippen LogP contribution is -2.44. The van der Waals surface area contributed by atoms with Gasteiger partial charge in [-0.05, 0) is 42.4 Å².